The van der Waals surface area contributed by atoms with Gasteiger partial charge in [0.25, 0.3) is 0 Å². The van der Waals surface area contributed by atoms with Crippen LogP contribution in [0.3, 0.4) is 0 Å². The van der Waals surface area contributed by atoms with Crippen LogP contribution >= 0.6 is 0 Å². The van der Waals surface area contributed by atoms with Crippen molar-refractivity contribution in [3.8, 4) is 11.1 Å². The van der Waals surface area contributed by atoms with Crippen LogP contribution in [0.15, 0.2) is 79.0 Å². The van der Waals surface area contributed by atoms with Crippen LogP contribution < -0.4 is 0 Å². The number of ether oxygens (including phenoxy) is 1. The number of benzene rings is 3. The van der Waals surface area contributed by atoms with Crippen LogP contribution in [0.25, 0.3) is 32.9 Å². The van der Waals surface area contributed by atoms with E-state index < -0.39 is 0 Å². The van der Waals surface area contributed by atoms with Gasteiger partial charge in [-0.05, 0) is 78.4 Å². The summed E-state index contributed by atoms with van der Waals surface area (Å²) in [6.07, 6.45) is 7.42. The molecule has 2 aromatic heterocycles. The molecule has 1 aliphatic heterocycles. The number of H-pyrrole nitrogens is 1. The zero-order chi connectivity index (χ0) is 27.3. The number of aromatic amines is 1. The number of carbonyl (C=O) groups excluding carboxylic acids is 1. The third-order valence-electron chi connectivity index (χ3n) is 8.35. The molecule has 1 fully saturated rings. The number of nitrogens with zero attached hydrogens (tertiary/aromatic N) is 3. The maximum absolute atomic E-state index is 13.3. The Balaban J connectivity index is 1.05. The molecule has 6 rings (SSSR count). The van der Waals surface area contributed by atoms with E-state index in [4.69, 9.17) is 4.74 Å². The lowest BCUT2D eigenvalue weighted by Gasteiger charge is -2.33. The minimum Gasteiger partial charge on any atom is -0.385 e. The fourth-order valence-electron chi connectivity index (χ4n) is 6.22. The zero-order valence-corrected chi connectivity index (χ0v) is 23.3. The van der Waals surface area contributed by atoms with Crippen molar-refractivity contribution in [1.82, 2.24) is 19.7 Å². The largest absolute Gasteiger partial charge is 0.385 e. The molecule has 0 spiro atoms. The van der Waals surface area contributed by atoms with Gasteiger partial charge in [-0.15, -0.1) is 0 Å². The lowest BCUT2D eigenvalue weighted by atomic mass is 9.94. The molecule has 0 radical (unpaired) electrons. The summed E-state index contributed by atoms with van der Waals surface area (Å²) < 4.78 is 7.79. The second-order valence-electron chi connectivity index (χ2n) is 11.0. The molecule has 3 aromatic carbocycles. The summed E-state index contributed by atoms with van der Waals surface area (Å²) in [7, 11) is 1.76. The SMILES string of the molecule is COCCCn1c(C2CCCN(C(=O)CCCc3ccc(-c4ccc5[nH]ncc5c4)cc3)C2)cc2ccccc21. The molecule has 0 bridgehead atoms. The van der Waals surface area contributed by atoms with Crippen molar-refractivity contribution in [2.24, 2.45) is 0 Å². The lowest BCUT2D eigenvalue weighted by molar-refractivity contribution is -0.132. The van der Waals surface area contributed by atoms with Crippen LogP contribution in [-0.2, 0) is 22.5 Å². The highest BCUT2D eigenvalue weighted by molar-refractivity contribution is 5.84. The third-order valence-corrected chi connectivity index (χ3v) is 8.35. The Kier molecular flexibility index (Phi) is 7.96. The van der Waals surface area contributed by atoms with E-state index >= 15 is 0 Å². The first-order valence-electron chi connectivity index (χ1n) is 14.6. The third kappa shape index (κ3) is 5.68. The normalized spacial score (nSPS) is 15.7. The standard InChI is InChI=1S/C34H38N4O2/c1-40-20-6-19-38-32-10-3-2-8-28(32)22-33(38)29-9-5-18-37(24-29)34(39)11-4-7-25-12-14-26(15-13-25)27-16-17-31-30(21-27)23-35-36-31/h2-3,8,10,12-17,21-23,29H,4-7,9,11,18-20,24H2,1H3,(H,35,36). The molecular formula is C34H38N4O2. The maximum Gasteiger partial charge on any atom is 0.222 e. The average Bonchev–Trinajstić information content (AvgIpc) is 3.62. The number of aromatic nitrogens is 3. The van der Waals surface area contributed by atoms with Crippen LogP contribution in [0.2, 0.25) is 0 Å². The predicted molar refractivity (Wildman–Crippen MR) is 161 cm³/mol. The summed E-state index contributed by atoms with van der Waals surface area (Å²) in [6, 6.07) is 26.1. The number of hydrogen-bond donors (Lipinski definition) is 1. The first kappa shape index (κ1) is 26.3. The molecule has 0 saturated carbocycles. The van der Waals surface area contributed by atoms with E-state index in [1.165, 1.54) is 33.3 Å². The van der Waals surface area contributed by atoms with Gasteiger partial charge in [-0.25, -0.2) is 0 Å². The highest BCUT2D eigenvalue weighted by Crippen LogP contribution is 2.32. The molecule has 40 heavy (non-hydrogen) atoms. The van der Waals surface area contributed by atoms with Crippen molar-refractivity contribution in [2.75, 3.05) is 26.8 Å². The number of nitrogens with one attached hydrogen (secondary N) is 1. The van der Waals surface area contributed by atoms with Gasteiger partial charge < -0.3 is 14.2 Å². The molecule has 3 heterocycles. The van der Waals surface area contributed by atoms with Crippen LogP contribution in [0.4, 0.5) is 0 Å². The number of fused-ring (bicyclic) bond motifs is 2. The highest BCUT2D eigenvalue weighted by atomic mass is 16.5. The Morgan fingerprint density at radius 1 is 1.00 bits per heavy atom. The number of piperidine rings is 1. The number of para-hydroxylation sites is 1. The van der Waals surface area contributed by atoms with Crippen molar-refractivity contribution < 1.29 is 9.53 Å². The second kappa shape index (κ2) is 12.1. The van der Waals surface area contributed by atoms with Gasteiger partial charge in [-0.3, -0.25) is 9.89 Å². The van der Waals surface area contributed by atoms with E-state index in [1.54, 1.807) is 7.11 Å². The van der Waals surface area contributed by atoms with Gasteiger partial charge in [-0.2, -0.15) is 5.10 Å². The van der Waals surface area contributed by atoms with Gasteiger partial charge in [0, 0.05) is 62.3 Å². The van der Waals surface area contributed by atoms with Gasteiger partial charge in [0.2, 0.25) is 5.91 Å². The van der Waals surface area contributed by atoms with Crippen molar-refractivity contribution in [2.45, 2.75) is 51.0 Å². The molecule has 1 N–H and O–H groups in total. The Hall–Kier alpha value is -3.90. The molecule has 1 unspecified atom stereocenters. The van der Waals surface area contributed by atoms with E-state index in [1.807, 2.05) is 6.20 Å². The van der Waals surface area contributed by atoms with E-state index in [0.29, 0.717) is 12.3 Å². The summed E-state index contributed by atoms with van der Waals surface area (Å²) in [5.41, 5.74) is 7.36. The van der Waals surface area contributed by atoms with Crippen molar-refractivity contribution in [1.29, 1.82) is 0 Å². The minimum atomic E-state index is 0.289. The maximum atomic E-state index is 13.3. The number of amides is 1. The molecular weight excluding hydrogens is 496 g/mol. The smallest absolute Gasteiger partial charge is 0.222 e. The minimum absolute atomic E-state index is 0.289. The van der Waals surface area contributed by atoms with Crippen molar-refractivity contribution in [3.63, 3.8) is 0 Å². The van der Waals surface area contributed by atoms with Crippen LogP contribution in [0, 0.1) is 0 Å². The number of hydrogen-bond acceptors (Lipinski definition) is 3. The number of likely N-dealkylation sites (tertiary alicyclic amines) is 1. The van der Waals surface area contributed by atoms with Gasteiger partial charge in [0.1, 0.15) is 0 Å². The first-order chi connectivity index (χ1) is 19.7. The molecule has 5 aromatic rings. The summed E-state index contributed by atoms with van der Waals surface area (Å²) in [5.74, 6) is 0.665. The number of aryl methyl sites for hydroxylation is 2. The quantitative estimate of drug-likeness (QED) is 0.197. The summed E-state index contributed by atoms with van der Waals surface area (Å²) >= 11 is 0. The number of rotatable bonds is 10. The Morgan fingerprint density at radius 2 is 1.85 bits per heavy atom. The monoisotopic (exact) mass is 534 g/mol. The molecule has 206 valence electrons. The number of methoxy groups -OCH3 is 1. The molecule has 0 aliphatic carbocycles. The fourth-order valence-corrected chi connectivity index (χ4v) is 6.22. The van der Waals surface area contributed by atoms with Gasteiger partial charge in [-0.1, -0.05) is 48.5 Å². The van der Waals surface area contributed by atoms with Gasteiger partial charge in [0.15, 0.2) is 0 Å². The predicted octanol–water partition coefficient (Wildman–Crippen LogP) is 6.95. The lowest BCUT2D eigenvalue weighted by Crippen LogP contribution is -2.39. The number of carbonyl (C=O) groups is 1. The topological polar surface area (TPSA) is 63.1 Å². The summed E-state index contributed by atoms with van der Waals surface area (Å²) in [5, 5.41) is 9.52. The molecule has 1 amide bonds. The Morgan fingerprint density at radius 3 is 2.73 bits per heavy atom. The van der Waals surface area contributed by atoms with Gasteiger partial charge >= 0.3 is 0 Å². The van der Waals surface area contributed by atoms with E-state index in [2.05, 4.69) is 92.5 Å². The zero-order valence-electron chi connectivity index (χ0n) is 23.3. The first-order valence-corrected chi connectivity index (χ1v) is 14.6. The van der Waals surface area contributed by atoms with E-state index in [-0.39, 0.29) is 5.91 Å². The summed E-state index contributed by atoms with van der Waals surface area (Å²) in [4.78, 5) is 15.4. The van der Waals surface area contributed by atoms with Crippen LogP contribution in [-0.4, -0.2) is 52.4 Å². The molecule has 1 atom stereocenters. The molecule has 6 nitrogen and oxygen atoms in total. The summed E-state index contributed by atoms with van der Waals surface area (Å²) in [6.45, 7) is 3.38. The Bertz CT molecular complexity index is 1580. The highest BCUT2D eigenvalue weighted by Gasteiger charge is 2.27. The van der Waals surface area contributed by atoms with E-state index in [0.717, 1.165) is 69.2 Å². The Labute approximate surface area is 235 Å². The van der Waals surface area contributed by atoms with Crippen molar-refractivity contribution >= 4 is 27.7 Å². The van der Waals surface area contributed by atoms with E-state index in [9.17, 15) is 4.79 Å². The fraction of sp³-hybridized carbons (Fsp3) is 0.353. The molecule has 1 saturated heterocycles. The molecule has 1 aliphatic rings. The van der Waals surface area contributed by atoms with Crippen molar-refractivity contribution in [3.05, 3.63) is 90.3 Å². The second-order valence-corrected chi connectivity index (χ2v) is 11.0. The molecule has 6 heteroatoms. The average molecular weight is 535 g/mol. The van der Waals surface area contributed by atoms with Gasteiger partial charge in [0.05, 0.1) is 11.7 Å². The van der Waals surface area contributed by atoms with Crippen LogP contribution in [0.5, 0.6) is 0 Å². The van der Waals surface area contributed by atoms with Crippen LogP contribution in [0.1, 0.15) is 49.3 Å².